The first kappa shape index (κ1) is 16.1. The maximum Gasteiger partial charge on any atom is 0.0594 e. The average molecular weight is 317 g/mol. The highest BCUT2D eigenvalue weighted by Crippen LogP contribution is 2.21. The Hall–Kier alpha value is -0.320. The Morgan fingerprint density at radius 1 is 1.25 bits per heavy atom. The third-order valence-electron chi connectivity index (χ3n) is 3.75. The number of morpholine rings is 1. The maximum absolute atomic E-state index is 6.17. The van der Waals surface area contributed by atoms with Crippen LogP contribution in [-0.2, 0) is 11.3 Å². The first-order chi connectivity index (χ1) is 9.49. The van der Waals surface area contributed by atoms with Gasteiger partial charge in [0.05, 0.1) is 13.2 Å². The minimum Gasteiger partial charge on any atom is -0.379 e. The molecular weight excluding hydrogens is 295 g/mol. The van der Waals surface area contributed by atoms with Crippen molar-refractivity contribution in [3.63, 3.8) is 0 Å². The SMILES string of the molecule is CC(C)(CNCc1cc(Cl)ccc1Cl)N1CCOCC1. The fourth-order valence-corrected chi connectivity index (χ4v) is 2.84. The van der Waals surface area contributed by atoms with Crippen molar-refractivity contribution in [2.45, 2.75) is 25.9 Å². The fraction of sp³-hybridized carbons (Fsp3) is 0.600. The standard InChI is InChI=1S/C15H22Cl2N2O/c1-15(2,19-5-7-20-8-6-19)11-18-10-12-9-13(16)3-4-14(12)17/h3-4,9,18H,5-8,10-11H2,1-2H3. The molecule has 20 heavy (non-hydrogen) atoms. The van der Waals surface area contributed by atoms with E-state index in [1.807, 2.05) is 18.2 Å². The number of nitrogens with zero attached hydrogens (tertiary/aromatic N) is 1. The van der Waals surface area contributed by atoms with E-state index in [0.717, 1.165) is 55.0 Å². The number of benzene rings is 1. The monoisotopic (exact) mass is 316 g/mol. The van der Waals surface area contributed by atoms with Gasteiger partial charge in [0, 0.05) is 41.8 Å². The molecule has 0 aromatic heterocycles. The normalized spacial score (nSPS) is 17.4. The van der Waals surface area contributed by atoms with E-state index in [1.165, 1.54) is 0 Å². The van der Waals surface area contributed by atoms with E-state index in [9.17, 15) is 0 Å². The second kappa shape index (κ2) is 7.10. The molecule has 1 N–H and O–H groups in total. The molecule has 0 saturated carbocycles. The van der Waals surface area contributed by atoms with Crippen molar-refractivity contribution >= 4 is 23.2 Å². The lowest BCUT2D eigenvalue weighted by molar-refractivity contribution is -0.00966. The number of hydrogen-bond acceptors (Lipinski definition) is 3. The van der Waals surface area contributed by atoms with Gasteiger partial charge >= 0.3 is 0 Å². The van der Waals surface area contributed by atoms with Crippen LogP contribution in [0.5, 0.6) is 0 Å². The Morgan fingerprint density at radius 3 is 2.65 bits per heavy atom. The summed E-state index contributed by atoms with van der Waals surface area (Å²) < 4.78 is 5.40. The molecule has 1 saturated heterocycles. The number of halogens is 2. The van der Waals surface area contributed by atoms with E-state index >= 15 is 0 Å². The fourth-order valence-electron chi connectivity index (χ4n) is 2.46. The molecule has 1 aliphatic rings. The molecule has 0 radical (unpaired) electrons. The summed E-state index contributed by atoms with van der Waals surface area (Å²) in [4.78, 5) is 2.46. The van der Waals surface area contributed by atoms with Gasteiger partial charge in [-0.3, -0.25) is 4.90 Å². The smallest absolute Gasteiger partial charge is 0.0594 e. The summed E-state index contributed by atoms with van der Waals surface area (Å²) >= 11 is 12.2. The highest BCUT2D eigenvalue weighted by Gasteiger charge is 2.27. The van der Waals surface area contributed by atoms with Crippen LogP contribution in [0.2, 0.25) is 10.0 Å². The zero-order valence-electron chi connectivity index (χ0n) is 12.1. The molecule has 2 rings (SSSR count). The van der Waals surface area contributed by atoms with Crippen molar-refractivity contribution in [1.82, 2.24) is 10.2 Å². The van der Waals surface area contributed by atoms with Crippen LogP contribution in [-0.4, -0.2) is 43.3 Å². The third-order valence-corrected chi connectivity index (χ3v) is 4.35. The second-order valence-corrected chi connectivity index (χ2v) is 6.59. The van der Waals surface area contributed by atoms with Crippen molar-refractivity contribution in [3.8, 4) is 0 Å². The van der Waals surface area contributed by atoms with Crippen molar-refractivity contribution in [2.75, 3.05) is 32.8 Å². The van der Waals surface area contributed by atoms with Gasteiger partial charge in [-0.2, -0.15) is 0 Å². The van der Waals surface area contributed by atoms with Crippen molar-refractivity contribution in [1.29, 1.82) is 0 Å². The molecule has 1 aliphatic heterocycles. The summed E-state index contributed by atoms with van der Waals surface area (Å²) in [6.45, 7) is 9.77. The van der Waals surface area contributed by atoms with E-state index < -0.39 is 0 Å². The molecule has 1 aromatic carbocycles. The summed E-state index contributed by atoms with van der Waals surface area (Å²) in [6.07, 6.45) is 0. The van der Waals surface area contributed by atoms with Crippen LogP contribution in [0.1, 0.15) is 19.4 Å². The molecule has 1 fully saturated rings. The first-order valence-corrected chi connectivity index (χ1v) is 7.72. The Balaban J connectivity index is 1.86. The molecule has 0 atom stereocenters. The predicted molar refractivity (Wildman–Crippen MR) is 84.6 cm³/mol. The Morgan fingerprint density at radius 2 is 1.95 bits per heavy atom. The maximum atomic E-state index is 6.17. The van der Waals surface area contributed by atoms with Crippen LogP contribution in [0.3, 0.4) is 0 Å². The van der Waals surface area contributed by atoms with Gasteiger partial charge in [0.25, 0.3) is 0 Å². The molecule has 3 nitrogen and oxygen atoms in total. The number of ether oxygens (including phenoxy) is 1. The largest absolute Gasteiger partial charge is 0.379 e. The van der Waals surface area contributed by atoms with Crippen molar-refractivity contribution in [3.05, 3.63) is 33.8 Å². The molecule has 0 unspecified atom stereocenters. The third kappa shape index (κ3) is 4.34. The highest BCUT2D eigenvalue weighted by molar-refractivity contribution is 6.33. The van der Waals surface area contributed by atoms with Crippen molar-refractivity contribution < 1.29 is 4.74 Å². The predicted octanol–water partition coefficient (Wildman–Crippen LogP) is 3.19. The number of rotatable bonds is 5. The van der Waals surface area contributed by atoms with Gasteiger partial charge in [0.15, 0.2) is 0 Å². The zero-order chi connectivity index (χ0) is 14.6. The van der Waals surface area contributed by atoms with Gasteiger partial charge in [-0.1, -0.05) is 23.2 Å². The average Bonchev–Trinajstić information content (AvgIpc) is 2.43. The van der Waals surface area contributed by atoms with Crippen LogP contribution < -0.4 is 5.32 Å². The zero-order valence-corrected chi connectivity index (χ0v) is 13.6. The Bertz CT molecular complexity index is 445. The Labute approximate surface area is 131 Å². The van der Waals surface area contributed by atoms with Gasteiger partial charge in [-0.05, 0) is 37.6 Å². The van der Waals surface area contributed by atoms with E-state index in [-0.39, 0.29) is 5.54 Å². The first-order valence-electron chi connectivity index (χ1n) is 6.96. The molecule has 0 aliphatic carbocycles. The van der Waals surface area contributed by atoms with Crippen LogP contribution in [0.25, 0.3) is 0 Å². The molecule has 112 valence electrons. The van der Waals surface area contributed by atoms with Gasteiger partial charge in [0.2, 0.25) is 0 Å². The van der Waals surface area contributed by atoms with Crippen LogP contribution >= 0.6 is 23.2 Å². The van der Waals surface area contributed by atoms with E-state index in [2.05, 4.69) is 24.1 Å². The molecular formula is C15H22Cl2N2O. The van der Waals surface area contributed by atoms with Gasteiger partial charge < -0.3 is 10.1 Å². The second-order valence-electron chi connectivity index (χ2n) is 5.75. The van der Waals surface area contributed by atoms with Crippen LogP contribution in [0, 0.1) is 0 Å². The Kier molecular flexibility index (Phi) is 5.70. The van der Waals surface area contributed by atoms with Gasteiger partial charge in [-0.25, -0.2) is 0 Å². The molecule has 5 heteroatoms. The minimum absolute atomic E-state index is 0.106. The van der Waals surface area contributed by atoms with Gasteiger partial charge in [-0.15, -0.1) is 0 Å². The lowest BCUT2D eigenvalue weighted by atomic mass is 10.0. The summed E-state index contributed by atoms with van der Waals surface area (Å²) in [5.74, 6) is 0. The molecule has 0 bridgehead atoms. The summed E-state index contributed by atoms with van der Waals surface area (Å²) in [5, 5.41) is 4.96. The van der Waals surface area contributed by atoms with E-state index in [0.29, 0.717) is 0 Å². The number of nitrogens with one attached hydrogen (secondary N) is 1. The molecule has 1 aromatic rings. The van der Waals surface area contributed by atoms with Crippen molar-refractivity contribution in [2.24, 2.45) is 0 Å². The lowest BCUT2D eigenvalue weighted by Gasteiger charge is -2.41. The van der Waals surface area contributed by atoms with Crippen LogP contribution in [0.4, 0.5) is 0 Å². The van der Waals surface area contributed by atoms with Crippen LogP contribution in [0.15, 0.2) is 18.2 Å². The summed E-state index contributed by atoms with van der Waals surface area (Å²) in [5.41, 5.74) is 1.14. The molecule has 1 heterocycles. The van der Waals surface area contributed by atoms with E-state index in [1.54, 1.807) is 0 Å². The highest BCUT2D eigenvalue weighted by atomic mass is 35.5. The quantitative estimate of drug-likeness (QED) is 0.903. The van der Waals surface area contributed by atoms with E-state index in [4.69, 9.17) is 27.9 Å². The summed E-state index contributed by atoms with van der Waals surface area (Å²) in [7, 11) is 0. The minimum atomic E-state index is 0.106. The number of hydrogen-bond donors (Lipinski definition) is 1. The lowest BCUT2D eigenvalue weighted by Crippen LogP contribution is -2.54. The summed E-state index contributed by atoms with van der Waals surface area (Å²) in [6, 6.07) is 5.57. The topological polar surface area (TPSA) is 24.5 Å². The van der Waals surface area contributed by atoms with Gasteiger partial charge in [0.1, 0.15) is 0 Å². The molecule has 0 amide bonds. The molecule has 0 spiro atoms.